The van der Waals surface area contributed by atoms with Crippen LogP contribution in [0.15, 0.2) is 84.9 Å². The second-order valence-corrected chi connectivity index (χ2v) is 7.98. The summed E-state index contributed by atoms with van der Waals surface area (Å²) in [5.41, 5.74) is 11.4. The van der Waals surface area contributed by atoms with Crippen LogP contribution in [0.4, 0.5) is 0 Å². The summed E-state index contributed by atoms with van der Waals surface area (Å²) in [5, 5.41) is 0. The summed E-state index contributed by atoms with van der Waals surface area (Å²) < 4.78 is 0. The van der Waals surface area contributed by atoms with Crippen LogP contribution < -0.4 is 0 Å². The largest absolute Gasteiger partial charge is 0.294 e. The SMILES string of the molecule is CC(=O)c1ccccc1-c1cc(C)cc(-c2cc(-c3ccccc3)ccc2C)c1C. The summed E-state index contributed by atoms with van der Waals surface area (Å²) in [6, 6.07) is 29.5. The molecule has 0 unspecified atom stereocenters. The van der Waals surface area contributed by atoms with Gasteiger partial charge in [-0.15, -0.1) is 0 Å². The molecule has 0 aliphatic carbocycles. The number of carbonyl (C=O) groups is 1. The summed E-state index contributed by atoms with van der Waals surface area (Å²) in [4.78, 5) is 12.2. The van der Waals surface area contributed by atoms with Gasteiger partial charge in [0.2, 0.25) is 0 Å². The smallest absolute Gasteiger partial charge is 0.160 e. The Labute approximate surface area is 179 Å². The number of benzene rings is 4. The van der Waals surface area contributed by atoms with Gasteiger partial charge in [0.15, 0.2) is 5.78 Å². The first kappa shape index (κ1) is 19.8. The predicted molar refractivity (Wildman–Crippen MR) is 127 cm³/mol. The van der Waals surface area contributed by atoms with Gasteiger partial charge in [0, 0.05) is 5.56 Å². The van der Waals surface area contributed by atoms with Gasteiger partial charge in [-0.3, -0.25) is 4.79 Å². The molecule has 1 nitrogen and oxygen atoms in total. The molecule has 0 radical (unpaired) electrons. The second kappa shape index (κ2) is 8.12. The van der Waals surface area contributed by atoms with Gasteiger partial charge >= 0.3 is 0 Å². The minimum Gasteiger partial charge on any atom is -0.294 e. The van der Waals surface area contributed by atoms with Gasteiger partial charge in [-0.25, -0.2) is 0 Å². The maximum absolute atomic E-state index is 12.2. The van der Waals surface area contributed by atoms with E-state index in [2.05, 4.69) is 81.4 Å². The van der Waals surface area contributed by atoms with Crippen molar-refractivity contribution in [3.63, 3.8) is 0 Å². The minimum atomic E-state index is 0.0929. The fraction of sp³-hybridized carbons (Fsp3) is 0.138. The van der Waals surface area contributed by atoms with Crippen molar-refractivity contribution in [1.29, 1.82) is 0 Å². The third-order valence-electron chi connectivity index (χ3n) is 5.78. The van der Waals surface area contributed by atoms with Crippen LogP contribution in [0.5, 0.6) is 0 Å². The second-order valence-electron chi connectivity index (χ2n) is 7.98. The summed E-state index contributed by atoms with van der Waals surface area (Å²) in [6.45, 7) is 8.09. The molecule has 0 bridgehead atoms. The molecule has 0 amide bonds. The standard InChI is InChI=1S/C29H26O/c1-19-16-28(26-13-9-8-12-25(26)22(4)30)21(3)29(17-19)27-18-24(15-14-20(27)2)23-10-6-5-7-11-23/h5-18H,1-4H3. The summed E-state index contributed by atoms with van der Waals surface area (Å²) in [7, 11) is 0. The fourth-order valence-corrected chi connectivity index (χ4v) is 4.17. The molecule has 0 heterocycles. The van der Waals surface area contributed by atoms with E-state index in [9.17, 15) is 4.79 Å². The molecule has 0 spiro atoms. The molecular weight excluding hydrogens is 364 g/mol. The van der Waals surface area contributed by atoms with E-state index in [1.165, 1.54) is 38.9 Å². The van der Waals surface area contributed by atoms with Crippen LogP contribution in [0.3, 0.4) is 0 Å². The molecule has 0 aromatic heterocycles. The van der Waals surface area contributed by atoms with Crippen molar-refractivity contribution >= 4 is 5.78 Å². The Bertz CT molecular complexity index is 1230. The molecule has 1 heteroatoms. The third-order valence-corrected chi connectivity index (χ3v) is 5.78. The minimum absolute atomic E-state index is 0.0929. The molecule has 148 valence electrons. The van der Waals surface area contributed by atoms with Crippen molar-refractivity contribution in [1.82, 2.24) is 0 Å². The van der Waals surface area contributed by atoms with Gasteiger partial charge in [-0.2, -0.15) is 0 Å². The van der Waals surface area contributed by atoms with E-state index in [4.69, 9.17) is 0 Å². The first-order chi connectivity index (χ1) is 14.5. The lowest BCUT2D eigenvalue weighted by molar-refractivity contribution is 0.101. The third kappa shape index (κ3) is 3.71. The van der Waals surface area contributed by atoms with E-state index in [1.807, 2.05) is 24.3 Å². The van der Waals surface area contributed by atoms with Crippen molar-refractivity contribution in [3.05, 3.63) is 107 Å². The number of carbonyl (C=O) groups excluding carboxylic acids is 1. The Morgan fingerprint density at radius 2 is 1.23 bits per heavy atom. The van der Waals surface area contributed by atoms with Crippen LogP contribution in [0, 0.1) is 20.8 Å². The van der Waals surface area contributed by atoms with Gasteiger partial charge in [-0.05, 0) is 83.8 Å². The highest BCUT2D eigenvalue weighted by atomic mass is 16.1. The van der Waals surface area contributed by atoms with Gasteiger partial charge in [-0.1, -0.05) is 78.9 Å². The van der Waals surface area contributed by atoms with Crippen LogP contribution in [0.1, 0.15) is 34.0 Å². The monoisotopic (exact) mass is 390 g/mol. The summed E-state index contributed by atoms with van der Waals surface area (Å²) >= 11 is 0. The molecule has 0 saturated heterocycles. The van der Waals surface area contributed by atoms with Gasteiger partial charge in [0.25, 0.3) is 0 Å². The van der Waals surface area contributed by atoms with Gasteiger partial charge in [0.1, 0.15) is 0 Å². The number of hydrogen-bond donors (Lipinski definition) is 0. The molecule has 0 saturated carbocycles. The lowest BCUT2D eigenvalue weighted by Crippen LogP contribution is -1.99. The molecule has 4 rings (SSSR count). The quantitative estimate of drug-likeness (QED) is 0.325. The van der Waals surface area contributed by atoms with E-state index in [0.717, 1.165) is 16.7 Å². The van der Waals surface area contributed by atoms with E-state index in [-0.39, 0.29) is 5.78 Å². The highest BCUT2D eigenvalue weighted by molar-refractivity contribution is 6.01. The molecule has 0 aliphatic heterocycles. The zero-order chi connectivity index (χ0) is 21.3. The maximum atomic E-state index is 12.2. The topological polar surface area (TPSA) is 17.1 Å². The molecule has 4 aromatic carbocycles. The Balaban J connectivity index is 1.93. The predicted octanol–water partition coefficient (Wildman–Crippen LogP) is 7.82. The zero-order valence-electron chi connectivity index (χ0n) is 18.0. The molecule has 30 heavy (non-hydrogen) atoms. The number of hydrogen-bond acceptors (Lipinski definition) is 1. The normalized spacial score (nSPS) is 10.8. The van der Waals surface area contributed by atoms with E-state index < -0.39 is 0 Å². The lowest BCUT2D eigenvalue weighted by Gasteiger charge is -2.18. The average molecular weight is 391 g/mol. The van der Waals surface area contributed by atoms with E-state index in [1.54, 1.807) is 6.92 Å². The number of aryl methyl sites for hydroxylation is 2. The molecule has 0 N–H and O–H groups in total. The van der Waals surface area contributed by atoms with Crippen LogP contribution in [0.25, 0.3) is 33.4 Å². The Hall–Kier alpha value is -3.45. The Morgan fingerprint density at radius 3 is 1.93 bits per heavy atom. The number of ketones is 1. The lowest BCUT2D eigenvalue weighted by atomic mass is 9.86. The van der Waals surface area contributed by atoms with E-state index in [0.29, 0.717) is 0 Å². The summed E-state index contributed by atoms with van der Waals surface area (Å²) in [5.74, 6) is 0.0929. The highest BCUT2D eigenvalue weighted by Crippen LogP contribution is 2.37. The van der Waals surface area contributed by atoms with Crippen LogP contribution in [-0.2, 0) is 0 Å². The fourth-order valence-electron chi connectivity index (χ4n) is 4.17. The molecule has 4 aromatic rings. The van der Waals surface area contributed by atoms with Crippen molar-refractivity contribution < 1.29 is 4.79 Å². The van der Waals surface area contributed by atoms with E-state index >= 15 is 0 Å². The first-order valence-electron chi connectivity index (χ1n) is 10.3. The van der Waals surface area contributed by atoms with Gasteiger partial charge in [0.05, 0.1) is 0 Å². The van der Waals surface area contributed by atoms with Gasteiger partial charge < -0.3 is 0 Å². The van der Waals surface area contributed by atoms with Crippen molar-refractivity contribution in [2.45, 2.75) is 27.7 Å². The summed E-state index contributed by atoms with van der Waals surface area (Å²) in [6.07, 6.45) is 0. The van der Waals surface area contributed by atoms with Crippen LogP contribution in [0.2, 0.25) is 0 Å². The molecular formula is C29H26O. The van der Waals surface area contributed by atoms with Crippen LogP contribution in [-0.4, -0.2) is 5.78 Å². The Kier molecular flexibility index (Phi) is 5.37. The molecule has 0 fully saturated rings. The number of Topliss-reactive ketones (excluding diaryl/α,β-unsaturated/α-hetero) is 1. The zero-order valence-corrected chi connectivity index (χ0v) is 18.0. The van der Waals surface area contributed by atoms with Crippen molar-refractivity contribution in [3.8, 4) is 33.4 Å². The highest BCUT2D eigenvalue weighted by Gasteiger charge is 2.16. The van der Waals surface area contributed by atoms with Crippen molar-refractivity contribution in [2.24, 2.45) is 0 Å². The first-order valence-corrected chi connectivity index (χ1v) is 10.3. The molecule has 0 atom stereocenters. The molecule has 0 aliphatic rings. The average Bonchev–Trinajstić information content (AvgIpc) is 2.76. The Morgan fingerprint density at radius 1 is 0.600 bits per heavy atom. The van der Waals surface area contributed by atoms with Crippen LogP contribution >= 0.6 is 0 Å². The van der Waals surface area contributed by atoms with Crippen molar-refractivity contribution in [2.75, 3.05) is 0 Å². The maximum Gasteiger partial charge on any atom is 0.160 e. The number of rotatable bonds is 4.